The van der Waals surface area contributed by atoms with Crippen molar-refractivity contribution in [1.82, 2.24) is 14.8 Å². The molecule has 7 heteroatoms. The zero-order valence-electron chi connectivity index (χ0n) is 16.8. The first-order valence-corrected chi connectivity index (χ1v) is 11.2. The Balaban J connectivity index is 1.26. The molecule has 0 saturated carbocycles. The normalized spacial score (nSPS) is 17.4. The van der Waals surface area contributed by atoms with Gasteiger partial charge in [0.05, 0.1) is 5.75 Å². The Morgan fingerprint density at radius 2 is 1.90 bits per heavy atom. The van der Waals surface area contributed by atoms with E-state index in [-0.39, 0.29) is 11.9 Å². The first kappa shape index (κ1) is 19.2. The van der Waals surface area contributed by atoms with Gasteiger partial charge in [0.2, 0.25) is 0 Å². The number of Topliss-reactive ketones (excluding diaryl/α,β-unsaturated/α-hetero) is 1. The Kier molecular flexibility index (Phi) is 5.21. The van der Waals surface area contributed by atoms with E-state index in [1.165, 1.54) is 35.7 Å². The SMILES string of the molecule is Cn1c(SCC(=O)c2ccc3c(c2)CCCC3)nnc1C1COc2ccccc2O1. The maximum absolute atomic E-state index is 12.7. The standard InChI is InChI=1S/C23H23N3O3S/c1-26-22(21-13-28-19-8-4-5-9-20(19)29-21)24-25-23(26)30-14-18(27)17-11-10-15-6-2-3-7-16(15)12-17/h4-5,8-12,21H,2-3,6-7,13-14H2,1H3. The van der Waals surface area contributed by atoms with Crippen molar-refractivity contribution < 1.29 is 14.3 Å². The van der Waals surface area contributed by atoms with Crippen LogP contribution >= 0.6 is 11.8 Å². The summed E-state index contributed by atoms with van der Waals surface area (Å²) in [5.41, 5.74) is 3.50. The number of nitrogens with zero attached hydrogens (tertiary/aromatic N) is 3. The number of carbonyl (C=O) groups excluding carboxylic acids is 1. The molecule has 2 heterocycles. The Labute approximate surface area is 179 Å². The molecule has 1 aromatic heterocycles. The predicted octanol–water partition coefficient (Wildman–Crippen LogP) is 4.18. The zero-order chi connectivity index (χ0) is 20.5. The molecule has 30 heavy (non-hydrogen) atoms. The van der Waals surface area contributed by atoms with Gasteiger partial charge in [0.25, 0.3) is 0 Å². The van der Waals surface area contributed by atoms with Crippen molar-refractivity contribution in [1.29, 1.82) is 0 Å². The van der Waals surface area contributed by atoms with E-state index >= 15 is 0 Å². The summed E-state index contributed by atoms with van der Waals surface area (Å²) >= 11 is 1.40. The molecule has 0 fully saturated rings. The third kappa shape index (κ3) is 3.69. The molecule has 1 aliphatic heterocycles. The predicted molar refractivity (Wildman–Crippen MR) is 114 cm³/mol. The molecule has 1 atom stereocenters. The van der Waals surface area contributed by atoms with Crippen molar-refractivity contribution >= 4 is 17.5 Å². The number of hydrogen-bond acceptors (Lipinski definition) is 6. The van der Waals surface area contributed by atoms with Gasteiger partial charge in [-0.15, -0.1) is 10.2 Å². The summed E-state index contributed by atoms with van der Waals surface area (Å²) in [6.45, 7) is 0.377. The van der Waals surface area contributed by atoms with Gasteiger partial charge >= 0.3 is 0 Å². The highest BCUT2D eigenvalue weighted by molar-refractivity contribution is 7.99. The average Bonchev–Trinajstić information content (AvgIpc) is 3.17. The Morgan fingerprint density at radius 3 is 2.77 bits per heavy atom. The van der Waals surface area contributed by atoms with Crippen molar-refractivity contribution in [3.05, 3.63) is 65.0 Å². The van der Waals surface area contributed by atoms with Crippen molar-refractivity contribution in [2.75, 3.05) is 12.4 Å². The van der Waals surface area contributed by atoms with Crippen LogP contribution in [0.2, 0.25) is 0 Å². The lowest BCUT2D eigenvalue weighted by molar-refractivity contribution is 0.0825. The number of hydrogen-bond donors (Lipinski definition) is 0. The van der Waals surface area contributed by atoms with Gasteiger partial charge in [-0.1, -0.05) is 36.0 Å². The van der Waals surface area contributed by atoms with Gasteiger partial charge in [-0.25, -0.2) is 0 Å². The maximum Gasteiger partial charge on any atom is 0.192 e. The van der Waals surface area contributed by atoms with Crippen LogP contribution < -0.4 is 9.47 Å². The van der Waals surface area contributed by atoms with Crippen LogP contribution in [0.5, 0.6) is 11.5 Å². The number of ketones is 1. The van der Waals surface area contributed by atoms with Gasteiger partial charge in [0.1, 0.15) is 6.61 Å². The minimum Gasteiger partial charge on any atom is -0.485 e. The van der Waals surface area contributed by atoms with Crippen LogP contribution in [0.25, 0.3) is 0 Å². The van der Waals surface area contributed by atoms with Crippen molar-refractivity contribution in [2.45, 2.75) is 36.9 Å². The first-order valence-electron chi connectivity index (χ1n) is 10.2. The van der Waals surface area contributed by atoms with Gasteiger partial charge in [-0.3, -0.25) is 4.79 Å². The summed E-state index contributed by atoms with van der Waals surface area (Å²) in [6.07, 6.45) is 4.31. The lowest BCUT2D eigenvalue weighted by Crippen LogP contribution is -2.24. The molecule has 0 amide bonds. The largest absolute Gasteiger partial charge is 0.485 e. The second kappa shape index (κ2) is 8.14. The monoisotopic (exact) mass is 421 g/mol. The number of ether oxygens (including phenoxy) is 2. The number of carbonyl (C=O) groups is 1. The smallest absolute Gasteiger partial charge is 0.192 e. The number of benzene rings is 2. The van der Waals surface area contributed by atoms with Gasteiger partial charge < -0.3 is 14.0 Å². The second-order valence-corrected chi connectivity index (χ2v) is 8.61. The topological polar surface area (TPSA) is 66.2 Å². The van der Waals surface area contributed by atoms with Gasteiger partial charge in [-0.05, 0) is 55.0 Å². The highest BCUT2D eigenvalue weighted by atomic mass is 32.2. The molecule has 0 spiro atoms. The molecule has 0 saturated heterocycles. The number of thioether (sulfide) groups is 1. The summed E-state index contributed by atoms with van der Waals surface area (Å²) in [5, 5.41) is 9.26. The minimum absolute atomic E-state index is 0.115. The fourth-order valence-electron chi connectivity index (χ4n) is 4.00. The Bertz CT molecular complexity index is 1100. The zero-order valence-corrected chi connectivity index (χ0v) is 17.7. The summed E-state index contributed by atoms with van der Waals surface area (Å²) in [7, 11) is 1.89. The van der Waals surface area contributed by atoms with E-state index in [1.54, 1.807) is 0 Å². The van der Waals surface area contributed by atoms with Crippen molar-refractivity contribution in [2.24, 2.45) is 7.05 Å². The molecule has 1 aliphatic carbocycles. The van der Waals surface area contributed by atoms with Crippen LogP contribution in [0.1, 0.15) is 46.3 Å². The van der Waals surface area contributed by atoms with Gasteiger partial charge in [0.15, 0.2) is 34.4 Å². The summed E-state index contributed by atoms with van der Waals surface area (Å²) in [6, 6.07) is 13.7. The highest BCUT2D eigenvalue weighted by Crippen LogP contribution is 2.35. The molecule has 0 bridgehead atoms. The van der Waals surface area contributed by atoms with Crippen LogP contribution in [-0.2, 0) is 19.9 Å². The van der Waals surface area contributed by atoms with E-state index in [2.05, 4.69) is 22.3 Å². The van der Waals surface area contributed by atoms with Crippen LogP contribution in [0.3, 0.4) is 0 Å². The molecule has 154 valence electrons. The number of fused-ring (bicyclic) bond motifs is 2. The third-order valence-corrected chi connectivity index (χ3v) is 6.69. The number of aryl methyl sites for hydroxylation is 2. The van der Waals surface area contributed by atoms with E-state index in [4.69, 9.17) is 9.47 Å². The first-order chi connectivity index (χ1) is 14.7. The Morgan fingerprint density at radius 1 is 1.10 bits per heavy atom. The molecule has 6 nitrogen and oxygen atoms in total. The molecule has 0 N–H and O–H groups in total. The maximum atomic E-state index is 12.7. The van der Waals surface area contributed by atoms with E-state index in [9.17, 15) is 4.79 Å². The van der Waals surface area contributed by atoms with Crippen molar-refractivity contribution in [3.63, 3.8) is 0 Å². The molecular weight excluding hydrogens is 398 g/mol. The average molecular weight is 422 g/mol. The van der Waals surface area contributed by atoms with Crippen LogP contribution in [0.15, 0.2) is 47.6 Å². The third-order valence-electron chi connectivity index (χ3n) is 5.67. The molecule has 1 unspecified atom stereocenters. The molecule has 2 aliphatic rings. The van der Waals surface area contributed by atoms with Gasteiger partial charge in [0, 0.05) is 12.6 Å². The van der Waals surface area contributed by atoms with E-state index in [1.807, 2.05) is 41.9 Å². The summed E-state index contributed by atoms with van der Waals surface area (Å²) in [4.78, 5) is 12.7. The quantitative estimate of drug-likeness (QED) is 0.455. The van der Waals surface area contributed by atoms with Crippen molar-refractivity contribution in [3.8, 4) is 11.5 Å². The second-order valence-electron chi connectivity index (χ2n) is 7.67. The lowest BCUT2D eigenvalue weighted by atomic mass is 9.90. The van der Waals surface area contributed by atoms with Crippen LogP contribution in [-0.4, -0.2) is 32.9 Å². The number of rotatable bonds is 5. The number of para-hydroxylation sites is 2. The van der Waals surface area contributed by atoms with E-state index < -0.39 is 0 Å². The Hall–Kier alpha value is -2.80. The molecule has 5 rings (SSSR count). The van der Waals surface area contributed by atoms with E-state index in [0.29, 0.717) is 29.1 Å². The van der Waals surface area contributed by atoms with Crippen LogP contribution in [0, 0.1) is 0 Å². The van der Waals surface area contributed by atoms with Gasteiger partial charge in [-0.2, -0.15) is 0 Å². The van der Waals surface area contributed by atoms with E-state index in [0.717, 1.165) is 24.2 Å². The summed E-state index contributed by atoms with van der Waals surface area (Å²) in [5.74, 6) is 2.57. The molecule has 0 radical (unpaired) electrons. The highest BCUT2D eigenvalue weighted by Gasteiger charge is 2.27. The lowest BCUT2D eigenvalue weighted by Gasteiger charge is -2.25. The molecule has 2 aromatic carbocycles. The summed E-state index contributed by atoms with van der Waals surface area (Å²) < 4.78 is 13.7. The molecular formula is C23H23N3O3S. The fourth-order valence-corrected chi connectivity index (χ4v) is 4.81. The molecule has 3 aromatic rings. The van der Waals surface area contributed by atoms with Crippen LogP contribution in [0.4, 0.5) is 0 Å². The number of aromatic nitrogens is 3. The fraction of sp³-hybridized carbons (Fsp3) is 0.348. The minimum atomic E-state index is -0.330.